The molecule has 3 atom stereocenters. The fourth-order valence-corrected chi connectivity index (χ4v) is 15.4. The van der Waals surface area contributed by atoms with Gasteiger partial charge in [0.15, 0.2) is 58.3 Å². The molecule has 0 aliphatic rings. The van der Waals surface area contributed by atoms with E-state index in [0.29, 0.717) is 74.9 Å². The second-order valence-electron chi connectivity index (χ2n) is 29.6. The third kappa shape index (κ3) is 14.9. The Morgan fingerprint density at radius 2 is 0.761 bits per heavy atom. The quantitative estimate of drug-likeness (QED) is 0.0408. The molecule has 564 valence electrons. The van der Waals surface area contributed by atoms with Crippen LogP contribution in [-0.4, -0.2) is 90.7 Å². The first-order chi connectivity index (χ1) is 57.3. The summed E-state index contributed by atoms with van der Waals surface area (Å²) in [7, 11) is 2.06. The number of fused-ring (bicyclic) bond motifs is 3. The van der Waals surface area contributed by atoms with Gasteiger partial charge in [-0.3, -0.25) is 5.41 Å². The van der Waals surface area contributed by atoms with Gasteiger partial charge >= 0.3 is 0 Å². The summed E-state index contributed by atoms with van der Waals surface area (Å²) in [6.45, 7) is 16.0. The number of benzene rings is 13. The number of nitrogens with zero attached hydrogens (tertiary/aromatic N) is 14. The minimum absolute atomic E-state index is 0.0607. The molecule has 15 heteroatoms. The Bertz CT molecular complexity index is 6240. The average Bonchev–Trinajstić information content (AvgIpc) is 1.72. The van der Waals surface area contributed by atoms with Crippen molar-refractivity contribution in [3.8, 4) is 137 Å². The fraction of sp³-hybridized carbons (Fsp3) is 0.0980. The van der Waals surface area contributed by atoms with Crippen LogP contribution in [0.5, 0.6) is 0 Å². The minimum Gasteiger partial charge on any atom is -0.357 e. The molecule has 117 heavy (non-hydrogen) atoms. The zero-order valence-corrected chi connectivity index (χ0v) is 65.6. The van der Waals surface area contributed by atoms with E-state index in [4.69, 9.17) is 56.4 Å². The number of hydrogen-bond donors (Lipinski definition) is 1. The lowest BCUT2D eigenvalue weighted by Crippen LogP contribution is -2.62. The van der Waals surface area contributed by atoms with Crippen molar-refractivity contribution in [3.05, 3.63) is 369 Å². The molecule has 0 amide bonds. The van der Waals surface area contributed by atoms with Crippen LogP contribution in [0.2, 0.25) is 0 Å². The highest BCUT2D eigenvalue weighted by Crippen LogP contribution is 2.48. The van der Waals surface area contributed by atoms with Crippen LogP contribution in [0.3, 0.4) is 0 Å². The van der Waals surface area contributed by atoms with Crippen molar-refractivity contribution in [1.29, 1.82) is 10.7 Å². The normalized spacial score (nSPS) is 12.5. The molecule has 1 N–H and O–H groups in total. The molecular formula is C102H81N15. The number of nitriles is 1. The molecule has 0 saturated heterocycles. The standard InChI is InChI=1S/C102H81N15/c1-8-102(6,68(5)115(7)101(76-49-31-16-32-50-76)105-91(104)69-35-17-9-18-36-69)117(67(4)66(2)3)90-60-53-77(82-52-34-33-51-80(82)65-103)61-85(90)84-64-81(56-57-83(84)100-113-96(74-45-27-14-28-46-74)108-97(114-100)75-47-29-15-30-48-75)116-88-58-54-78(98-109-92(70-37-19-10-20-38-70)106-93(110-98)71-39-21-11-22-40-71)62-86(88)87-63-79(55-59-89(87)116)99-111-94(72-41-23-12-24-42-72)107-95(112-99)73-43-25-13-26-44-73/h8-64,66-68,104H,1H2,2-7H3/t67?,68-,102?/m0/s1. The summed E-state index contributed by atoms with van der Waals surface area (Å²) in [5.41, 5.74) is 15.1. The van der Waals surface area contributed by atoms with Gasteiger partial charge in [-0.15, -0.1) is 6.58 Å². The van der Waals surface area contributed by atoms with Crippen LogP contribution in [0.4, 0.5) is 5.69 Å². The van der Waals surface area contributed by atoms with Gasteiger partial charge in [-0.25, -0.2) is 49.8 Å². The van der Waals surface area contributed by atoms with E-state index in [1.165, 1.54) is 0 Å². The molecule has 2 unspecified atom stereocenters. The van der Waals surface area contributed by atoms with Crippen molar-refractivity contribution >= 4 is 39.2 Å². The first-order valence-corrected chi connectivity index (χ1v) is 39.2. The molecule has 0 saturated carbocycles. The Labute approximate surface area is 680 Å². The van der Waals surface area contributed by atoms with Gasteiger partial charge in [0.2, 0.25) is 0 Å². The van der Waals surface area contributed by atoms with Crippen LogP contribution in [0.15, 0.2) is 357 Å². The van der Waals surface area contributed by atoms with Crippen LogP contribution in [0.25, 0.3) is 152 Å². The van der Waals surface area contributed by atoms with E-state index in [9.17, 15) is 10.7 Å². The number of aliphatic imine (C=N–C) groups is 1. The Morgan fingerprint density at radius 1 is 0.393 bits per heavy atom. The van der Waals surface area contributed by atoms with Crippen molar-refractivity contribution < 1.29 is 0 Å². The summed E-state index contributed by atoms with van der Waals surface area (Å²) < 4.78 is 2.32. The zero-order valence-electron chi connectivity index (χ0n) is 65.6. The van der Waals surface area contributed by atoms with Crippen molar-refractivity contribution in [2.75, 3.05) is 11.9 Å². The molecule has 4 aromatic heterocycles. The smallest absolute Gasteiger partial charge is 0.164 e. The Kier molecular flexibility index (Phi) is 20.7. The first kappa shape index (κ1) is 74.6. The Balaban J connectivity index is 0.951. The number of rotatable bonds is 21. The molecule has 15 nitrogen and oxygen atoms in total. The van der Waals surface area contributed by atoms with Crippen molar-refractivity contribution in [2.24, 2.45) is 10.9 Å². The number of amidine groups is 2. The van der Waals surface area contributed by atoms with Gasteiger partial charge in [-0.05, 0) is 116 Å². The van der Waals surface area contributed by atoms with E-state index < -0.39 is 11.6 Å². The highest BCUT2D eigenvalue weighted by atomic mass is 15.3. The summed E-state index contributed by atoms with van der Waals surface area (Å²) in [4.78, 5) is 57.6. The highest BCUT2D eigenvalue weighted by molar-refractivity contribution is 6.12. The predicted molar refractivity (Wildman–Crippen MR) is 474 cm³/mol. The summed E-state index contributed by atoms with van der Waals surface area (Å²) in [6, 6.07) is 116. The van der Waals surface area contributed by atoms with E-state index in [2.05, 4.69) is 141 Å². The van der Waals surface area contributed by atoms with Crippen LogP contribution in [0.1, 0.15) is 51.3 Å². The van der Waals surface area contributed by atoms with E-state index in [-0.39, 0.29) is 17.8 Å². The lowest BCUT2D eigenvalue weighted by atomic mass is 9.83. The lowest BCUT2D eigenvalue weighted by Gasteiger charge is -2.52. The molecule has 0 fully saturated rings. The van der Waals surface area contributed by atoms with Crippen molar-refractivity contribution in [3.63, 3.8) is 0 Å². The molecule has 0 radical (unpaired) electrons. The largest absolute Gasteiger partial charge is 0.357 e. The molecule has 0 bridgehead atoms. The molecular weight excluding hydrogens is 1440 g/mol. The van der Waals surface area contributed by atoms with Gasteiger partial charge in [-0.1, -0.05) is 287 Å². The average molecular weight is 1520 g/mol. The van der Waals surface area contributed by atoms with Gasteiger partial charge in [0.1, 0.15) is 5.84 Å². The van der Waals surface area contributed by atoms with E-state index in [1.54, 1.807) is 0 Å². The van der Waals surface area contributed by atoms with Crippen LogP contribution in [-0.2, 0) is 0 Å². The van der Waals surface area contributed by atoms with Crippen LogP contribution in [0, 0.1) is 22.7 Å². The number of anilines is 1. The molecule has 0 aliphatic carbocycles. The fourth-order valence-electron chi connectivity index (χ4n) is 15.4. The highest BCUT2D eigenvalue weighted by Gasteiger charge is 2.43. The molecule has 17 rings (SSSR count). The second-order valence-corrected chi connectivity index (χ2v) is 29.6. The van der Waals surface area contributed by atoms with E-state index >= 15 is 0 Å². The number of aromatic nitrogens is 10. The van der Waals surface area contributed by atoms with E-state index in [1.807, 2.05) is 267 Å². The monoisotopic (exact) mass is 1520 g/mol. The summed E-state index contributed by atoms with van der Waals surface area (Å²) in [6.07, 6.45) is 2.06. The molecule has 13 aromatic carbocycles. The molecule has 17 aromatic rings. The zero-order chi connectivity index (χ0) is 80.1. The third-order valence-corrected chi connectivity index (χ3v) is 22.1. The first-order valence-electron chi connectivity index (χ1n) is 39.2. The molecule has 0 spiro atoms. The van der Waals surface area contributed by atoms with Crippen LogP contribution >= 0.6 is 0 Å². The number of hydrogen-bond acceptors (Lipinski definition) is 12. The lowest BCUT2D eigenvalue weighted by molar-refractivity contribution is 0.256. The SMILES string of the molecule is C=CC(C)([C@H](C)N(C)C(=NC(=N)c1ccccc1)c1ccccc1)N(c1ccc(-c2ccccc2C#N)cc1-c1cc(-n2c3ccc(-c4nc(-c5ccccc5)nc(-c5ccccc5)n4)cc3c3cc(-c4nc(-c5ccccc5)nc(-c5ccccc5)n4)ccc32)ccc1-c1nc(-c2ccccc2)nc(-c2ccccc2)n1)C(C)C(C)C. The Hall–Kier alpha value is -15.1. The summed E-state index contributed by atoms with van der Waals surface area (Å²) >= 11 is 0. The number of nitrogens with one attached hydrogen (secondary N) is 1. The van der Waals surface area contributed by atoms with Gasteiger partial charge in [-0.2, -0.15) is 5.26 Å². The van der Waals surface area contributed by atoms with Crippen molar-refractivity contribution in [2.45, 2.75) is 52.2 Å². The summed E-state index contributed by atoms with van der Waals surface area (Å²) in [5.74, 6) is 5.42. The Morgan fingerprint density at radius 3 is 1.16 bits per heavy atom. The maximum Gasteiger partial charge on any atom is 0.164 e. The van der Waals surface area contributed by atoms with Gasteiger partial charge in [0.05, 0.1) is 34.2 Å². The predicted octanol–water partition coefficient (Wildman–Crippen LogP) is 23.1. The van der Waals surface area contributed by atoms with Crippen LogP contribution < -0.4 is 4.90 Å². The van der Waals surface area contributed by atoms with Gasteiger partial charge in [0, 0.05) is 102 Å². The van der Waals surface area contributed by atoms with Gasteiger partial charge in [0.25, 0.3) is 0 Å². The van der Waals surface area contributed by atoms with E-state index in [0.717, 1.165) is 106 Å². The maximum absolute atomic E-state index is 11.0. The molecule has 4 heterocycles. The minimum atomic E-state index is -0.942. The second kappa shape index (κ2) is 32.5. The van der Waals surface area contributed by atoms with Crippen molar-refractivity contribution in [1.82, 2.24) is 54.3 Å². The number of likely N-dealkylation sites (N-methyl/N-ethyl adjacent to an activating group) is 1. The summed E-state index contributed by atoms with van der Waals surface area (Å²) in [5, 5.41) is 22.4. The van der Waals surface area contributed by atoms with Gasteiger partial charge < -0.3 is 14.4 Å². The third-order valence-electron chi connectivity index (χ3n) is 22.1. The molecule has 0 aliphatic heterocycles. The maximum atomic E-state index is 11.0. The topological polar surface area (TPSA) is 187 Å².